The molecule has 1 saturated heterocycles. The van der Waals surface area contributed by atoms with Crippen LogP contribution in [0.4, 0.5) is 0 Å². The zero-order valence-electron chi connectivity index (χ0n) is 20.4. The second-order valence-corrected chi connectivity index (χ2v) is 9.81. The summed E-state index contributed by atoms with van der Waals surface area (Å²) in [5.41, 5.74) is 5.42. The Morgan fingerprint density at radius 1 is 0.794 bits per heavy atom. The summed E-state index contributed by atoms with van der Waals surface area (Å²) in [5.74, 6) is 0.666. The van der Waals surface area contributed by atoms with Crippen molar-refractivity contribution in [1.29, 1.82) is 0 Å². The lowest BCUT2D eigenvalue weighted by Crippen LogP contribution is -2.47. The minimum Gasteiger partial charge on any atom is -0.304 e. The third-order valence-electron chi connectivity index (χ3n) is 7.45. The molecule has 1 heterocycles. The van der Waals surface area contributed by atoms with Gasteiger partial charge in [0.05, 0.1) is 0 Å². The molecule has 0 aromatic heterocycles. The number of rotatable bonds is 9. The fourth-order valence-corrected chi connectivity index (χ4v) is 5.22. The van der Waals surface area contributed by atoms with Crippen LogP contribution in [0.5, 0.6) is 0 Å². The molecule has 3 aromatic carbocycles. The molecule has 1 aliphatic carbocycles. The molecule has 2 atom stereocenters. The zero-order chi connectivity index (χ0) is 23.2. The molecule has 2 fully saturated rings. The van der Waals surface area contributed by atoms with Gasteiger partial charge in [-0.25, -0.2) is 0 Å². The summed E-state index contributed by atoms with van der Waals surface area (Å²) in [5, 5.41) is 0. The van der Waals surface area contributed by atoms with E-state index in [2.05, 4.69) is 119 Å². The van der Waals surface area contributed by atoms with Gasteiger partial charge in [-0.2, -0.15) is 0 Å². The van der Waals surface area contributed by atoms with E-state index in [1.54, 1.807) is 0 Å². The van der Waals surface area contributed by atoms with Gasteiger partial charge in [-0.05, 0) is 35.7 Å². The van der Waals surface area contributed by atoms with Crippen LogP contribution in [0, 0.1) is 0 Å². The Bertz CT molecular complexity index is 998. The molecule has 0 radical (unpaired) electrons. The average Bonchev–Trinajstić information content (AvgIpc) is 3.70. The van der Waals surface area contributed by atoms with Gasteiger partial charge in [0.1, 0.15) is 0 Å². The van der Waals surface area contributed by atoms with Crippen molar-refractivity contribution in [2.24, 2.45) is 0 Å². The number of hydrogen-bond acceptors (Lipinski definition) is 3. The van der Waals surface area contributed by atoms with E-state index in [0.717, 1.165) is 19.6 Å². The van der Waals surface area contributed by atoms with E-state index < -0.39 is 0 Å². The molecule has 1 aliphatic heterocycles. The Kier molecular flexibility index (Phi) is 7.55. The highest BCUT2D eigenvalue weighted by atomic mass is 15.3. The van der Waals surface area contributed by atoms with Crippen LogP contribution in [0.25, 0.3) is 5.57 Å². The van der Waals surface area contributed by atoms with Crippen molar-refractivity contribution in [3.8, 4) is 0 Å². The SMILES string of the molecule is CN1CCN(CCN(CC=C(c2ccccc2)c2ccccc2)[C@@H]2C[C@H]2c2ccccc2)CC1. The fourth-order valence-electron chi connectivity index (χ4n) is 5.22. The standard InChI is InChI=1S/C31H37N3/c1-32-19-21-33(22-20-32)23-24-34(31-25-30(31)28-15-9-4-10-16-28)18-17-29(26-11-5-2-6-12-26)27-13-7-3-8-14-27/h2-17,30-31H,18-25H2,1H3/t30-,31+/m0/s1. The molecule has 1 saturated carbocycles. The van der Waals surface area contributed by atoms with E-state index in [9.17, 15) is 0 Å². The highest BCUT2D eigenvalue weighted by Crippen LogP contribution is 2.44. The molecular formula is C31H37N3. The van der Waals surface area contributed by atoms with Crippen molar-refractivity contribution < 1.29 is 0 Å². The van der Waals surface area contributed by atoms with Gasteiger partial charge >= 0.3 is 0 Å². The molecule has 2 aliphatic rings. The lowest BCUT2D eigenvalue weighted by atomic mass is 9.97. The number of benzene rings is 3. The number of hydrogen-bond donors (Lipinski definition) is 0. The second-order valence-electron chi connectivity index (χ2n) is 9.81. The molecule has 0 bridgehead atoms. The maximum atomic E-state index is 2.74. The molecular weight excluding hydrogens is 414 g/mol. The summed E-state index contributed by atoms with van der Waals surface area (Å²) in [6.45, 7) is 8.01. The predicted molar refractivity (Wildman–Crippen MR) is 143 cm³/mol. The Morgan fingerprint density at radius 2 is 1.35 bits per heavy atom. The third-order valence-corrected chi connectivity index (χ3v) is 7.45. The van der Waals surface area contributed by atoms with Gasteiger partial charge in [-0.15, -0.1) is 0 Å². The van der Waals surface area contributed by atoms with E-state index in [0.29, 0.717) is 12.0 Å². The first-order valence-corrected chi connectivity index (χ1v) is 12.8. The van der Waals surface area contributed by atoms with Crippen molar-refractivity contribution in [2.75, 3.05) is 52.9 Å². The van der Waals surface area contributed by atoms with Crippen LogP contribution >= 0.6 is 0 Å². The lowest BCUT2D eigenvalue weighted by Gasteiger charge is -2.34. The van der Waals surface area contributed by atoms with E-state index in [-0.39, 0.29) is 0 Å². The highest BCUT2D eigenvalue weighted by molar-refractivity contribution is 5.79. The van der Waals surface area contributed by atoms with Crippen LogP contribution in [-0.2, 0) is 0 Å². The maximum absolute atomic E-state index is 2.74. The van der Waals surface area contributed by atoms with Crippen molar-refractivity contribution in [3.63, 3.8) is 0 Å². The lowest BCUT2D eigenvalue weighted by molar-refractivity contribution is 0.135. The second kappa shape index (κ2) is 11.1. The zero-order valence-corrected chi connectivity index (χ0v) is 20.4. The molecule has 3 nitrogen and oxygen atoms in total. The van der Waals surface area contributed by atoms with Gasteiger partial charge in [0, 0.05) is 57.8 Å². The van der Waals surface area contributed by atoms with Crippen molar-refractivity contribution in [2.45, 2.75) is 18.4 Å². The summed E-state index contributed by atoms with van der Waals surface area (Å²) < 4.78 is 0. The molecule has 3 heteroatoms. The molecule has 34 heavy (non-hydrogen) atoms. The monoisotopic (exact) mass is 451 g/mol. The number of piperazine rings is 1. The van der Waals surface area contributed by atoms with Gasteiger partial charge in [-0.3, -0.25) is 9.80 Å². The summed E-state index contributed by atoms with van der Waals surface area (Å²) in [7, 11) is 2.23. The molecule has 0 N–H and O–H groups in total. The quantitative estimate of drug-likeness (QED) is 0.441. The first-order valence-electron chi connectivity index (χ1n) is 12.8. The van der Waals surface area contributed by atoms with Crippen molar-refractivity contribution in [1.82, 2.24) is 14.7 Å². The van der Waals surface area contributed by atoms with Crippen molar-refractivity contribution >= 4 is 5.57 Å². The van der Waals surface area contributed by atoms with Crippen LogP contribution in [0.2, 0.25) is 0 Å². The minimum atomic E-state index is 0.638. The topological polar surface area (TPSA) is 9.72 Å². The third kappa shape index (κ3) is 5.85. The van der Waals surface area contributed by atoms with E-state index in [1.807, 2.05) is 0 Å². The van der Waals surface area contributed by atoms with Crippen LogP contribution in [0.15, 0.2) is 97.1 Å². The molecule has 0 amide bonds. The normalized spacial score (nSPS) is 20.9. The average molecular weight is 452 g/mol. The van der Waals surface area contributed by atoms with Crippen molar-refractivity contribution in [3.05, 3.63) is 114 Å². The predicted octanol–water partition coefficient (Wildman–Crippen LogP) is 5.22. The largest absolute Gasteiger partial charge is 0.304 e. The van der Waals surface area contributed by atoms with Crippen LogP contribution in [0.3, 0.4) is 0 Å². The van der Waals surface area contributed by atoms with Gasteiger partial charge in [0.2, 0.25) is 0 Å². The van der Waals surface area contributed by atoms with Crippen LogP contribution < -0.4 is 0 Å². The van der Waals surface area contributed by atoms with E-state index >= 15 is 0 Å². The smallest absolute Gasteiger partial charge is 0.0176 e. The van der Waals surface area contributed by atoms with Gasteiger partial charge < -0.3 is 4.90 Å². The molecule has 3 aromatic rings. The number of nitrogens with zero attached hydrogens (tertiary/aromatic N) is 3. The number of likely N-dealkylation sites (N-methyl/N-ethyl adjacent to an activating group) is 1. The Balaban J connectivity index is 1.35. The molecule has 5 rings (SSSR count). The van der Waals surface area contributed by atoms with Gasteiger partial charge in [0.25, 0.3) is 0 Å². The van der Waals surface area contributed by atoms with E-state index in [1.165, 1.54) is 54.9 Å². The Morgan fingerprint density at radius 3 is 1.94 bits per heavy atom. The van der Waals surface area contributed by atoms with Gasteiger partial charge in [0.15, 0.2) is 0 Å². The van der Waals surface area contributed by atoms with Gasteiger partial charge in [-0.1, -0.05) is 97.1 Å². The summed E-state index contributed by atoms with van der Waals surface area (Å²) in [6.07, 6.45) is 3.74. The maximum Gasteiger partial charge on any atom is 0.0176 e. The summed E-state index contributed by atoms with van der Waals surface area (Å²) in [4.78, 5) is 7.82. The minimum absolute atomic E-state index is 0.638. The summed E-state index contributed by atoms with van der Waals surface area (Å²) in [6, 6.07) is 33.4. The molecule has 0 spiro atoms. The Labute approximate surface area is 205 Å². The summed E-state index contributed by atoms with van der Waals surface area (Å²) >= 11 is 0. The fraction of sp³-hybridized carbons (Fsp3) is 0.355. The molecule has 176 valence electrons. The van der Waals surface area contributed by atoms with E-state index in [4.69, 9.17) is 0 Å². The first kappa shape index (κ1) is 23.0. The first-order chi connectivity index (χ1) is 16.8. The Hall–Kier alpha value is -2.72. The van der Waals surface area contributed by atoms with Crippen LogP contribution in [-0.4, -0.2) is 73.6 Å². The molecule has 0 unspecified atom stereocenters. The van der Waals surface area contributed by atoms with Crippen LogP contribution in [0.1, 0.15) is 29.0 Å². The highest BCUT2D eigenvalue weighted by Gasteiger charge is 2.42.